The Kier molecular flexibility index (Phi) is 4.29. The van der Waals surface area contributed by atoms with Gasteiger partial charge >= 0.3 is 0 Å². The van der Waals surface area contributed by atoms with Crippen LogP contribution in [0.1, 0.15) is 26.2 Å². The van der Waals surface area contributed by atoms with Gasteiger partial charge in [-0.05, 0) is 6.42 Å². The highest BCUT2D eigenvalue weighted by molar-refractivity contribution is 7.85. The maximum atomic E-state index is 10.7. The molecule has 0 aliphatic heterocycles. The minimum Gasteiger partial charge on any atom is -0.300 e. The summed E-state index contributed by atoms with van der Waals surface area (Å²) in [7, 11) is -3.96. The molecule has 0 saturated heterocycles. The number of carbonyl (C=O) groups is 1. The van der Waals surface area contributed by atoms with Crippen molar-refractivity contribution in [3.8, 4) is 0 Å². The number of ketones is 1. The van der Waals surface area contributed by atoms with Crippen LogP contribution in [-0.2, 0) is 14.9 Å². The Morgan fingerprint density at radius 1 is 1.36 bits per heavy atom. The average molecular weight is 180 g/mol. The highest BCUT2D eigenvalue weighted by Crippen LogP contribution is 1.96. The lowest BCUT2D eigenvalue weighted by Gasteiger charge is -1.95. The van der Waals surface area contributed by atoms with Crippen LogP contribution in [0.4, 0.5) is 0 Å². The second-order valence-corrected chi connectivity index (χ2v) is 3.90. The molecule has 4 nitrogen and oxygen atoms in total. The monoisotopic (exact) mass is 180 g/mol. The van der Waals surface area contributed by atoms with Gasteiger partial charge in [0.15, 0.2) is 0 Å². The third-order valence-electron chi connectivity index (χ3n) is 1.17. The molecule has 0 fully saturated rings. The summed E-state index contributed by atoms with van der Waals surface area (Å²) in [6, 6.07) is 0. The van der Waals surface area contributed by atoms with E-state index in [-0.39, 0.29) is 12.2 Å². The molecule has 0 saturated carbocycles. The minimum atomic E-state index is -3.96. The molecule has 0 atom stereocenters. The second kappa shape index (κ2) is 4.46. The number of hydrogen-bond acceptors (Lipinski definition) is 3. The molecule has 0 aromatic rings. The number of carbonyl (C=O) groups excluding carboxylic acids is 1. The van der Waals surface area contributed by atoms with Gasteiger partial charge in [0, 0.05) is 12.8 Å². The number of hydrogen-bond donors (Lipinski definition) is 1. The van der Waals surface area contributed by atoms with Gasteiger partial charge in [0.05, 0.1) is 5.75 Å². The molecule has 0 bridgehead atoms. The Bertz CT molecular complexity index is 217. The largest absolute Gasteiger partial charge is 0.300 e. The fraction of sp³-hybridized carbons (Fsp3) is 0.833. The zero-order chi connectivity index (χ0) is 8.91. The molecule has 0 rings (SSSR count). The van der Waals surface area contributed by atoms with Crippen LogP contribution < -0.4 is 0 Å². The van der Waals surface area contributed by atoms with Crippen molar-refractivity contribution in [2.24, 2.45) is 0 Å². The standard InChI is InChI=1S/C6H12O4S/c1-2-3-6(7)4-5-11(8,9)10/h2-5H2,1H3,(H,8,9,10). The van der Waals surface area contributed by atoms with Gasteiger partial charge in [-0.1, -0.05) is 6.92 Å². The van der Waals surface area contributed by atoms with Gasteiger partial charge < -0.3 is 0 Å². The lowest BCUT2D eigenvalue weighted by Crippen LogP contribution is -2.09. The van der Waals surface area contributed by atoms with Crippen molar-refractivity contribution in [2.75, 3.05) is 5.75 Å². The van der Waals surface area contributed by atoms with Gasteiger partial charge in [-0.25, -0.2) is 0 Å². The molecule has 0 aromatic heterocycles. The maximum absolute atomic E-state index is 10.7. The van der Waals surface area contributed by atoms with Crippen molar-refractivity contribution in [3.05, 3.63) is 0 Å². The molecule has 0 aromatic carbocycles. The minimum absolute atomic E-state index is 0.0767. The lowest BCUT2D eigenvalue weighted by atomic mass is 10.2. The Morgan fingerprint density at radius 2 is 1.91 bits per heavy atom. The normalized spacial score (nSPS) is 11.5. The second-order valence-electron chi connectivity index (χ2n) is 2.32. The third-order valence-corrected chi connectivity index (χ3v) is 1.89. The smallest absolute Gasteiger partial charge is 0.265 e. The summed E-state index contributed by atoms with van der Waals surface area (Å²) in [5, 5.41) is 0. The van der Waals surface area contributed by atoms with Crippen LogP contribution in [0.25, 0.3) is 0 Å². The van der Waals surface area contributed by atoms with Crippen LogP contribution in [0.2, 0.25) is 0 Å². The van der Waals surface area contributed by atoms with Crippen molar-refractivity contribution in [2.45, 2.75) is 26.2 Å². The quantitative estimate of drug-likeness (QED) is 0.630. The topological polar surface area (TPSA) is 71.4 Å². The Labute approximate surface area is 66.4 Å². The maximum Gasteiger partial charge on any atom is 0.265 e. The van der Waals surface area contributed by atoms with Crippen LogP contribution in [0.5, 0.6) is 0 Å². The fourth-order valence-corrected chi connectivity index (χ4v) is 1.13. The molecule has 11 heavy (non-hydrogen) atoms. The van der Waals surface area contributed by atoms with E-state index in [1.807, 2.05) is 6.92 Å². The predicted molar refractivity (Wildman–Crippen MR) is 40.9 cm³/mol. The average Bonchev–Trinajstić information content (AvgIpc) is 1.83. The summed E-state index contributed by atoms with van der Waals surface area (Å²) in [5.41, 5.74) is 0. The molecule has 66 valence electrons. The van der Waals surface area contributed by atoms with E-state index in [1.54, 1.807) is 0 Å². The lowest BCUT2D eigenvalue weighted by molar-refractivity contribution is -0.118. The summed E-state index contributed by atoms with van der Waals surface area (Å²) in [6.07, 6.45) is 1.02. The molecular formula is C6H12O4S. The van der Waals surface area contributed by atoms with Gasteiger partial charge in [0.2, 0.25) is 0 Å². The van der Waals surface area contributed by atoms with Crippen molar-refractivity contribution < 1.29 is 17.8 Å². The van der Waals surface area contributed by atoms with E-state index in [4.69, 9.17) is 4.55 Å². The van der Waals surface area contributed by atoms with Gasteiger partial charge in [-0.2, -0.15) is 8.42 Å². The summed E-state index contributed by atoms with van der Waals surface area (Å²) in [4.78, 5) is 10.7. The Balaban J connectivity index is 3.64. The molecule has 0 unspecified atom stereocenters. The van der Waals surface area contributed by atoms with Crippen LogP contribution >= 0.6 is 0 Å². The first-order valence-corrected chi connectivity index (χ1v) is 5.03. The molecule has 0 amide bonds. The molecular weight excluding hydrogens is 168 g/mol. The van der Waals surface area contributed by atoms with Crippen LogP contribution in [0.3, 0.4) is 0 Å². The predicted octanol–water partition coefficient (Wildman–Crippen LogP) is 0.633. The fourth-order valence-electron chi connectivity index (χ4n) is 0.647. The summed E-state index contributed by atoms with van der Waals surface area (Å²) >= 11 is 0. The number of rotatable bonds is 5. The summed E-state index contributed by atoms with van der Waals surface area (Å²) in [6.45, 7) is 1.84. The van der Waals surface area contributed by atoms with Crippen molar-refractivity contribution in [3.63, 3.8) is 0 Å². The highest BCUT2D eigenvalue weighted by atomic mass is 32.2. The molecule has 0 aliphatic carbocycles. The third kappa shape index (κ3) is 7.48. The van der Waals surface area contributed by atoms with Crippen LogP contribution in [0, 0.1) is 0 Å². The van der Waals surface area contributed by atoms with E-state index in [9.17, 15) is 13.2 Å². The van der Waals surface area contributed by atoms with E-state index in [0.29, 0.717) is 12.8 Å². The van der Waals surface area contributed by atoms with Crippen LogP contribution in [-0.4, -0.2) is 24.5 Å². The zero-order valence-electron chi connectivity index (χ0n) is 6.41. The first-order valence-electron chi connectivity index (χ1n) is 3.42. The van der Waals surface area contributed by atoms with E-state index in [1.165, 1.54) is 0 Å². The van der Waals surface area contributed by atoms with Crippen molar-refractivity contribution >= 4 is 15.9 Å². The molecule has 0 heterocycles. The van der Waals surface area contributed by atoms with E-state index >= 15 is 0 Å². The molecule has 0 radical (unpaired) electrons. The van der Waals surface area contributed by atoms with E-state index in [0.717, 1.165) is 0 Å². The molecule has 0 spiro atoms. The van der Waals surface area contributed by atoms with E-state index in [2.05, 4.69) is 0 Å². The summed E-state index contributed by atoms with van der Waals surface area (Å²) in [5.74, 6) is -0.573. The van der Waals surface area contributed by atoms with Crippen LogP contribution in [0.15, 0.2) is 0 Å². The van der Waals surface area contributed by atoms with Gasteiger partial charge in [-0.15, -0.1) is 0 Å². The SMILES string of the molecule is CCCC(=O)CCS(=O)(=O)O. The first-order chi connectivity index (χ1) is 4.95. The summed E-state index contributed by atoms with van der Waals surface area (Å²) < 4.78 is 28.5. The number of Topliss-reactive ketones (excluding diaryl/α,β-unsaturated/α-hetero) is 1. The molecule has 1 N–H and O–H groups in total. The Morgan fingerprint density at radius 3 is 2.27 bits per heavy atom. The first kappa shape index (κ1) is 10.6. The zero-order valence-corrected chi connectivity index (χ0v) is 7.23. The van der Waals surface area contributed by atoms with Crippen molar-refractivity contribution in [1.82, 2.24) is 0 Å². The van der Waals surface area contributed by atoms with E-state index < -0.39 is 15.9 Å². The van der Waals surface area contributed by atoms with Gasteiger partial charge in [-0.3, -0.25) is 9.35 Å². The van der Waals surface area contributed by atoms with Gasteiger partial charge in [0.1, 0.15) is 5.78 Å². The van der Waals surface area contributed by atoms with Crippen molar-refractivity contribution in [1.29, 1.82) is 0 Å². The van der Waals surface area contributed by atoms with Gasteiger partial charge in [0.25, 0.3) is 10.1 Å². The molecule has 5 heteroatoms. The molecule has 0 aliphatic rings. The Hall–Kier alpha value is -0.420. The highest BCUT2D eigenvalue weighted by Gasteiger charge is 2.07.